The van der Waals surface area contributed by atoms with Crippen LogP contribution in [0.3, 0.4) is 0 Å². The van der Waals surface area contributed by atoms with Gasteiger partial charge in [-0.05, 0) is 29.3 Å². The number of hydrogen-bond donors (Lipinski definition) is 1. The number of benzene rings is 3. The molecule has 0 aliphatic carbocycles. The van der Waals surface area contributed by atoms with E-state index in [1.165, 1.54) is 6.20 Å². The van der Waals surface area contributed by atoms with Gasteiger partial charge in [-0.3, -0.25) is 9.78 Å². The summed E-state index contributed by atoms with van der Waals surface area (Å²) >= 11 is 6.73. The van der Waals surface area contributed by atoms with Gasteiger partial charge in [0.15, 0.2) is 0 Å². The number of aryl methyl sites for hydroxylation is 1. The Kier molecular flexibility index (Phi) is 5.16. The molecule has 0 saturated carbocycles. The number of nitrogens with one attached hydrogen (secondary N) is 1. The molecule has 3 aromatic carbocycles. The van der Waals surface area contributed by atoms with Crippen molar-refractivity contribution >= 4 is 33.3 Å². The summed E-state index contributed by atoms with van der Waals surface area (Å²) < 4.78 is 8.91. The quantitative estimate of drug-likeness (QED) is 0.346. The van der Waals surface area contributed by atoms with Crippen molar-refractivity contribution in [2.45, 2.75) is 13.0 Å². The SMILES string of the molecule is O=c1[nH]c2cc(-c3c(Cl)cccc3-c3cnn4c3OCCC4)ccc2c(=O)n1-c1cncc2ccccc12. The normalized spacial score (nSPS) is 13.0. The molecular formula is C29H20ClN5O3. The average molecular weight is 522 g/mol. The van der Waals surface area contributed by atoms with Crippen LogP contribution in [0.25, 0.3) is 49.6 Å². The van der Waals surface area contributed by atoms with Gasteiger partial charge in [0.05, 0.1) is 41.2 Å². The van der Waals surface area contributed by atoms with Gasteiger partial charge in [0.2, 0.25) is 5.88 Å². The zero-order valence-electron chi connectivity index (χ0n) is 20.0. The number of nitrogens with zero attached hydrogens (tertiary/aromatic N) is 4. The molecule has 0 unspecified atom stereocenters. The van der Waals surface area contributed by atoms with Crippen molar-refractivity contribution in [3.8, 4) is 33.8 Å². The maximum Gasteiger partial charge on any atom is 0.333 e. The van der Waals surface area contributed by atoms with E-state index in [1.807, 2.05) is 53.2 Å². The second-order valence-corrected chi connectivity index (χ2v) is 9.57. The predicted molar refractivity (Wildman–Crippen MR) is 147 cm³/mol. The second-order valence-electron chi connectivity index (χ2n) is 9.16. The van der Waals surface area contributed by atoms with E-state index in [-0.39, 0.29) is 0 Å². The van der Waals surface area contributed by atoms with E-state index in [9.17, 15) is 9.59 Å². The lowest BCUT2D eigenvalue weighted by Gasteiger charge is -2.18. The molecular weight excluding hydrogens is 502 g/mol. The highest BCUT2D eigenvalue weighted by molar-refractivity contribution is 6.34. The lowest BCUT2D eigenvalue weighted by Crippen LogP contribution is -2.33. The van der Waals surface area contributed by atoms with E-state index in [1.54, 1.807) is 24.5 Å². The Morgan fingerprint density at radius 1 is 0.921 bits per heavy atom. The first kappa shape index (κ1) is 22.5. The molecule has 0 spiro atoms. The van der Waals surface area contributed by atoms with E-state index in [0.29, 0.717) is 34.1 Å². The molecule has 186 valence electrons. The minimum absolute atomic E-state index is 0.376. The van der Waals surface area contributed by atoms with Crippen molar-refractivity contribution < 1.29 is 4.74 Å². The van der Waals surface area contributed by atoms with Crippen LogP contribution in [0.4, 0.5) is 0 Å². The molecule has 4 heterocycles. The fraction of sp³-hybridized carbons (Fsp3) is 0.103. The fourth-order valence-electron chi connectivity index (χ4n) is 5.17. The minimum Gasteiger partial charge on any atom is -0.477 e. The topological polar surface area (TPSA) is 94.8 Å². The van der Waals surface area contributed by atoms with E-state index in [4.69, 9.17) is 16.3 Å². The molecule has 0 saturated heterocycles. The number of hydrogen-bond acceptors (Lipinski definition) is 5. The first-order valence-corrected chi connectivity index (χ1v) is 12.6. The number of fused-ring (bicyclic) bond motifs is 3. The van der Waals surface area contributed by atoms with Crippen LogP contribution in [0.1, 0.15) is 6.42 Å². The van der Waals surface area contributed by atoms with Crippen LogP contribution in [-0.4, -0.2) is 30.9 Å². The summed E-state index contributed by atoms with van der Waals surface area (Å²) in [5.41, 5.74) is 3.11. The fourth-order valence-corrected chi connectivity index (χ4v) is 5.45. The third-order valence-corrected chi connectivity index (χ3v) is 7.24. The highest BCUT2D eigenvalue weighted by Gasteiger charge is 2.22. The Balaban J connectivity index is 1.42. The van der Waals surface area contributed by atoms with Gasteiger partial charge in [0.25, 0.3) is 5.56 Å². The van der Waals surface area contributed by atoms with Crippen LogP contribution in [-0.2, 0) is 6.54 Å². The van der Waals surface area contributed by atoms with Crippen molar-refractivity contribution in [1.82, 2.24) is 24.3 Å². The first-order valence-electron chi connectivity index (χ1n) is 12.2. The van der Waals surface area contributed by atoms with Crippen LogP contribution in [0.15, 0.2) is 88.8 Å². The van der Waals surface area contributed by atoms with Gasteiger partial charge in [-0.15, -0.1) is 0 Å². The number of aromatic nitrogens is 5. The summed E-state index contributed by atoms with van der Waals surface area (Å²) in [7, 11) is 0. The monoisotopic (exact) mass is 521 g/mol. The number of rotatable bonds is 3. The average Bonchev–Trinajstić information content (AvgIpc) is 3.37. The lowest BCUT2D eigenvalue weighted by atomic mass is 9.95. The molecule has 38 heavy (non-hydrogen) atoms. The highest BCUT2D eigenvalue weighted by atomic mass is 35.5. The maximum absolute atomic E-state index is 13.6. The number of halogens is 1. The smallest absolute Gasteiger partial charge is 0.333 e. The van der Waals surface area contributed by atoms with Crippen molar-refractivity contribution in [2.75, 3.05) is 6.61 Å². The summed E-state index contributed by atoms with van der Waals surface area (Å²) in [6, 6.07) is 18.5. The first-order chi connectivity index (χ1) is 18.6. The van der Waals surface area contributed by atoms with Crippen molar-refractivity contribution in [3.05, 3.63) is 105 Å². The summed E-state index contributed by atoms with van der Waals surface area (Å²) in [4.78, 5) is 34.0. The third-order valence-electron chi connectivity index (χ3n) is 6.92. The molecule has 1 N–H and O–H groups in total. The molecule has 6 aromatic rings. The van der Waals surface area contributed by atoms with Crippen LogP contribution < -0.4 is 16.0 Å². The predicted octanol–water partition coefficient (Wildman–Crippen LogP) is 5.19. The van der Waals surface area contributed by atoms with E-state index >= 15 is 0 Å². The molecule has 0 atom stereocenters. The van der Waals surface area contributed by atoms with Gasteiger partial charge in [-0.1, -0.05) is 54.1 Å². The second kappa shape index (κ2) is 8.71. The van der Waals surface area contributed by atoms with E-state index in [0.717, 1.165) is 50.6 Å². The zero-order valence-corrected chi connectivity index (χ0v) is 20.8. The molecule has 0 bridgehead atoms. The van der Waals surface area contributed by atoms with Gasteiger partial charge in [-0.2, -0.15) is 5.10 Å². The zero-order chi connectivity index (χ0) is 25.8. The summed E-state index contributed by atoms with van der Waals surface area (Å²) in [6.45, 7) is 1.42. The van der Waals surface area contributed by atoms with Gasteiger partial charge in [0.1, 0.15) is 0 Å². The Hall–Kier alpha value is -4.69. The van der Waals surface area contributed by atoms with E-state index in [2.05, 4.69) is 15.1 Å². The molecule has 8 nitrogen and oxygen atoms in total. The number of pyridine rings is 1. The molecule has 1 aliphatic heterocycles. The summed E-state index contributed by atoms with van der Waals surface area (Å²) in [6.07, 6.45) is 5.93. The molecule has 0 amide bonds. The van der Waals surface area contributed by atoms with Gasteiger partial charge < -0.3 is 9.72 Å². The maximum atomic E-state index is 13.6. The van der Waals surface area contributed by atoms with Crippen LogP contribution in [0, 0.1) is 0 Å². The van der Waals surface area contributed by atoms with Crippen molar-refractivity contribution in [3.63, 3.8) is 0 Å². The summed E-state index contributed by atoms with van der Waals surface area (Å²) in [5, 5.41) is 7.00. The van der Waals surface area contributed by atoms with E-state index < -0.39 is 11.2 Å². The Labute approximate surface area is 220 Å². The molecule has 7 rings (SSSR count). The van der Waals surface area contributed by atoms with Gasteiger partial charge in [0, 0.05) is 40.5 Å². The molecule has 0 fully saturated rings. The summed E-state index contributed by atoms with van der Waals surface area (Å²) in [5.74, 6) is 0.709. The van der Waals surface area contributed by atoms with Crippen LogP contribution in [0.2, 0.25) is 5.02 Å². The molecule has 1 aliphatic rings. The Morgan fingerprint density at radius 2 is 1.82 bits per heavy atom. The van der Waals surface area contributed by atoms with Crippen LogP contribution >= 0.6 is 11.6 Å². The van der Waals surface area contributed by atoms with Crippen LogP contribution in [0.5, 0.6) is 5.88 Å². The van der Waals surface area contributed by atoms with Crippen molar-refractivity contribution in [2.24, 2.45) is 0 Å². The standard InChI is InChI=1S/C29H20ClN5O3/c30-23-8-3-7-20(22-15-32-34-11-4-12-38-28(22)34)26(23)17-9-10-21-24(13-17)33-29(37)35(27(21)36)25-16-31-14-18-5-1-2-6-19(18)25/h1-3,5-10,13-16H,4,11-12H2,(H,33,37). The largest absolute Gasteiger partial charge is 0.477 e. The van der Waals surface area contributed by atoms with Gasteiger partial charge in [-0.25, -0.2) is 14.0 Å². The Morgan fingerprint density at radius 3 is 2.74 bits per heavy atom. The lowest BCUT2D eigenvalue weighted by molar-refractivity contribution is 0.231. The molecule has 3 aromatic heterocycles. The number of aromatic amines is 1. The van der Waals surface area contributed by atoms with Crippen molar-refractivity contribution in [1.29, 1.82) is 0 Å². The minimum atomic E-state index is -0.545. The van der Waals surface area contributed by atoms with Gasteiger partial charge >= 0.3 is 5.69 Å². The molecule has 0 radical (unpaired) electrons. The molecule has 9 heteroatoms. The highest BCUT2D eigenvalue weighted by Crippen LogP contribution is 2.42. The number of ether oxygens (including phenoxy) is 1. The number of H-pyrrole nitrogens is 1. The Bertz CT molecular complexity index is 2000. The third kappa shape index (κ3) is 3.45.